The molecule has 3 N–H and O–H groups in total. The lowest BCUT2D eigenvalue weighted by Gasteiger charge is -2.07. The maximum atomic E-state index is 13.1. The molecule has 0 aromatic heterocycles. The highest BCUT2D eigenvalue weighted by Crippen LogP contribution is 2.13. The quantitative estimate of drug-likeness (QED) is 0.749. The van der Waals surface area contributed by atoms with E-state index in [2.05, 4.69) is 10.6 Å². The Balaban J connectivity index is 2.45. The van der Waals surface area contributed by atoms with E-state index in [0.29, 0.717) is 11.3 Å². The predicted octanol–water partition coefficient (Wildman–Crippen LogP) is 1.73. The number of anilines is 1. The molecule has 0 aliphatic rings. The van der Waals surface area contributed by atoms with Crippen LogP contribution >= 0.6 is 0 Å². The first-order chi connectivity index (χ1) is 7.99. The molecule has 0 fully saturated rings. The Labute approximate surface area is 97.6 Å². The van der Waals surface area contributed by atoms with Gasteiger partial charge < -0.3 is 15.7 Å². The average Bonchev–Trinajstić information content (AvgIpc) is 2.23. The van der Waals surface area contributed by atoms with E-state index < -0.39 is 17.8 Å². The second-order valence-electron chi connectivity index (χ2n) is 3.49. The topological polar surface area (TPSA) is 78.4 Å². The molecular weight excluding hydrogens is 227 g/mol. The van der Waals surface area contributed by atoms with Crippen molar-refractivity contribution in [3.05, 3.63) is 29.6 Å². The number of urea groups is 1. The molecule has 0 radical (unpaired) electrons. The second kappa shape index (κ2) is 5.83. The highest BCUT2D eigenvalue weighted by molar-refractivity contribution is 5.89. The number of carbonyl (C=O) groups excluding carboxylic acids is 1. The number of aliphatic carboxylic acids is 1. The summed E-state index contributed by atoms with van der Waals surface area (Å²) in [6.07, 6.45) is -0.157. The van der Waals surface area contributed by atoms with E-state index in [-0.39, 0.29) is 13.0 Å². The first-order valence-electron chi connectivity index (χ1n) is 5.02. The van der Waals surface area contributed by atoms with Crippen molar-refractivity contribution in [2.75, 3.05) is 11.9 Å². The molecule has 0 saturated carbocycles. The third-order valence-electron chi connectivity index (χ3n) is 2.05. The smallest absolute Gasteiger partial charge is 0.319 e. The molecule has 0 spiro atoms. The fourth-order valence-electron chi connectivity index (χ4n) is 1.13. The summed E-state index contributed by atoms with van der Waals surface area (Å²) in [6.45, 7) is 1.64. The van der Waals surface area contributed by atoms with Crippen molar-refractivity contribution >= 4 is 17.7 Å². The lowest BCUT2D eigenvalue weighted by atomic mass is 10.2. The fourth-order valence-corrected chi connectivity index (χ4v) is 1.13. The first kappa shape index (κ1) is 13.0. The Morgan fingerprint density at radius 2 is 2.12 bits per heavy atom. The molecule has 0 saturated heterocycles. The molecule has 6 heteroatoms. The summed E-state index contributed by atoms with van der Waals surface area (Å²) in [4.78, 5) is 21.5. The molecule has 0 aliphatic heterocycles. The number of carboxylic acid groups (broad SMARTS) is 1. The molecule has 1 aromatic carbocycles. The van der Waals surface area contributed by atoms with Crippen LogP contribution in [0.3, 0.4) is 0 Å². The molecule has 5 nitrogen and oxygen atoms in total. The number of rotatable bonds is 4. The third kappa shape index (κ3) is 4.50. The summed E-state index contributed by atoms with van der Waals surface area (Å²) < 4.78 is 13.1. The Bertz CT molecular complexity index is 435. The van der Waals surface area contributed by atoms with E-state index in [9.17, 15) is 14.0 Å². The molecule has 17 heavy (non-hydrogen) atoms. The molecule has 92 valence electrons. The minimum atomic E-state index is -0.994. The molecule has 0 aliphatic carbocycles. The number of benzene rings is 1. The Hall–Kier alpha value is -2.11. The normalized spacial score (nSPS) is 9.76. The number of nitrogens with one attached hydrogen (secondary N) is 2. The maximum Gasteiger partial charge on any atom is 0.319 e. The number of carboxylic acids is 1. The minimum absolute atomic E-state index is 0.0233. The van der Waals surface area contributed by atoms with Crippen molar-refractivity contribution in [3.63, 3.8) is 0 Å². The first-order valence-corrected chi connectivity index (χ1v) is 5.02. The minimum Gasteiger partial charge on any atom is -0.481 e. The van der Waals surface area contributed by atoms with Crippen LogP contribution in [0.5, 0.6) is 0 Å². The summed E-state index contributed by atoms with van der Waals surface area (Å²) >= 11 is 0. The van der Waals surface area contributed by atoms with Crippen LogP contribution in [0.4, 0.5) is 14.9 Å². The number of aryl methyl sites for hydroxylation is 1. The van der Waals surface area contributed by atoms with Crippen molar-refractivity contribution in [2.24, 2.45) is 0 Å². The van der Waals surface area contributed by atoms with E-state index in [0.717, 1.165) is 0 Å². The number of hydrogen-bond donors (Lipinski definition) is 3. The van der Waals surface area contributed by atoms with Crippen LogP contribution in [0, 0.1) is 12.7 Å². The molecule has 0 bridgehead atoms. The average molecular weight is 240 g/mol. The van der Waals surface area contributed by atoms with Gasteiger partial charge in [0.15, 0.2) is 0 Å². The van der Waals surface area contributed by atoms with Gasteiger partial charge in [-0.1, -0.05) is 6.07 Å². The Kier molecular flexibility index (Phi) is 4.45. The standard InChI is InChI=1S/C11H13FN2O3/c1-7-2-3-8(6-9(7)12)14-11(17)13-5-4-10(15)16/h2-3,6H,4-5H2,1H3,(H,15,16)(H2,13,14,17). The molecule has 1 rings (SSSR count). The number of hydrogen-bond acceptors (Lipinski definition) is 2. The van der Waals surface area contributed by atoms with Crippen molar-refractivity contribution in [1.29, 1.82) is 0 Å². The van der Waals surface area contributed by atoms with E-state index in [1.807, 2.05) is 0 Å². The molecule has 1 aromatic rings. The lowest BCUT2D eigenvalue weighted by molar-refractivity contribution is -0.136. The van der Waals surface area contributed by atoms with E-state index in [1.165, 1.54) is 6.07 Å². The number of halogens is 1. The molecule has 2 amide bonds. The van der Waals surface area contributed by atoms with Crippen LogP contribution < -0.4 is 10.6 Å². The molecule has 0 heterocycles. The van der Waals surface area contributed by atoms with Crippen molar-refractivity contribution in [3.8, 4) is 0 Å². The zero-order valence-corrected chi connectivity index (χ0v) is 9.29. The monoisotopic (exact) mass is 240 g/mol. The van der Waals surface area contributed by atoms with E-state index >= 15 is 0 Å². The highest BCUT2D eigenvalue weighted by Gasteiger charge is 2.04. The van der Waals surface area contributed by atoms with Gasteiger partial charge in [-0.2, -0.15) is 0 Å². The van der Waals surface area contributed by atoms with Gasteiger partial charge in [-0.25, -0.2) is 9.18 Å². The van der Waals surface area contributed by atoms with Gasteiger partial charge in [0, 0.05) is 12.2 Å². The Morgan fingerprint density at radius 3 is 2.71 bits per heavy atom. The third-order valence-corrected chi connectivity index (χ3v) is 2.05. The highest BCUT2D eigenvalue weighted by atomic mass is 19.1. The largest absolute Gasteiger partial charge is 0.481 e. The fraction of sp³-hybridized carbons (Fsp3) is 0.273. The Morgan fingerprint density at radius 1 is 1.41 bits per heavy atom. The van der Waals surface area contributed by atoms with Crippen LogP contribution in [0.15, 0.2) is 18.2 Å². The summed E-state index contributed by atoms with van der Waals surface area (Å²) in [7, 11) is 0. The van der Waals surface area contributed by atoms with Crippen LogP contribution in [-0.2, 0) is 4.79 Å². The van der Waals surface area contributed by atoms with Crippen molar-refractivity contribution in [2.45, 2.75) is 13.3 Å². The molecule has 0 atom stereocenters. The predicted molar refractivity (Wildman–Crippen MR) is 60.4 cm³/mol. The van der Waals surface area contributed by atoms with Crippen LogP contribution in [0.2, 0.25) is 0 Å². The van der Waals surface area contributed by atoms with Gasteiger partial charge in [0.2, 0.25) is 0 Å². The maximum absolute atomic E-state index is 13.1. The van der Waals surface area contributed by atoms with Gasteiger partial charge in [-0.3, -0.25) is 4.79 Å². The van der Waals surface area contributed by atoms with Gasteiger partial charge in [-0.05, 0) is 24.6 Å². The van der Waals surface area contributed by atoms with Crippen molar-refractivity contribution < 1.29 is 19.1 Å². The summed E-state index contributed by atoms with van der Waals surface area (Å²) in [6, 6.07) is 3.75. The lowest BCUT2D eigenvalue weighted by Crippen LogP contribution is -2.30. The zero-order valence-electron chi connectivity index (χ0n) is 9.29. The van der Waals surface area contributed by atoms with Gasteiger partial charge >= 0.3 is 12.0 Å². The molecule has 0 unspecified atom stereocenters. The summed E-state index contributed by atoms with van der Waals surface area (Å²) in [5.74, 6) is -1.40. The van der Waals surface area contributed by atoms with Gasteiger partial charge in [0.25, 0.3) is 0 Å². The van der Waals surface area contributed by atoms with Crippen molar-refractivity contribution in [1.82, 2.24) is 5.32 Å². The second-order valence-corrected chi connectivity index (χ2v) is 3.49. The number of amides is 2. The van der Waals surface area contributed by atoms with Crippen LogP contribution in [0.1, 0.15) is 12.0 Å². The zero-order chi connectivity index (χ0) is 12.8. The van der Waals surface area contributed by atoms with Gasteiger partial charge in [0.05, 0.1) is 6.42 Å². The van der Waals surface area contributed by atoms with E-state index in [4.69, 9.17) is 5.11 Å². The number of carbonyl (C=O) groups is 2. The summed E-state index contributed by atoms with van der Waals surface area (Å²) in [5, 5.41) is 13.1. The van der Waals surface area contributed by atoms with E-state index in [1.54, 1.807) is 19.1 Å². The SMILES string of the molecule is Cc1ccc(NC(=O)NCCC(=O)O)cc1F. The van der Waals surface area contributed by atoms with Crippen LogP contribution in [0.25, 0.3) is 0 Å². The van der Waals surface area contributed by atoms with Gasteiger partial charge in [-0.15, -0.1) is 0 Å². The van der Waals surface area contributed by atoms with Gasteiger partial charge in [0.1, 0.15) is 5.82 Å². The van der Waals surface area contributed by atoms with Crippen LogP contribution in [-0.4, -0.2) is 23.7 Å². The summed E-state index contributed by atoms with van der Waals surface area (Å²) in [5.41, 5.74) is 0.808. The molecular formula is C11H13FN2O3.